The second-order valence-electron chi connectivity index (χ2n) is 3.85. The van der Waals surface area contributed by atoms with Crippen LogP contribution < -0.4 is 0 Å². The van der Waals surface area contributed by atoms with Crippen LogP contribution in [-0.4, -0.2) is 34.6 Å². The van der Waals surface area contributed by atoms with E-state index in [2.05, 4.69) is 5.10 Å². The van der Waals surface area contributed by atoms with E-state index in [1.54, 1.807) is 6.92 Å². The molecule has 0 saturated carbocycles. The van der Waals surface area contributed by atoms with Crippen molar-refractivity contribution in [3.8, 4) is 0 Å². The smallest absolute Gasteiger partial charge is 0.333 e. The predicted octanol–water partition coefficient (Wildman–Crippen LogP) is 0.946. The average molecular weight is 212 g/mol. The topological polar surface area (TPSA) is 64.3 Å². The molecular weight excluding hydrogens is 196 g/mol. The van der Waals surface area contributed by atoms with Gasteiger partial charge in [0.25, 0.3) is 0 Å². The number of hydrogen-bond donors (Lipinski definition) is 1. The van der Waals surface area contributed by atoms with Crippen LogP contribution in [0.25, 0.3) is 0 Å². The Morgan fingerprint density at radius 2 is 2.27 bits per heavy atom. The lowest BCUT2D eigenvalue weighted by molar-refractivity contribution is -0.150. The molecular formula is C10H16N2O3. The summed E-state index contributed by atoms with van der Waals surface area (Å²) in [6, 6.07) is 1.84. The van der Waals surface area contributed by atoms with Crippen LogP contribution in [-0.2, 0) is 15.1 Å². The van der Waals surface area contributed by atoms with Gasteiger partial charge in [-0.25, -0.2) is 4.79 Å². The molecule has 1 rings (SSSR count). The van der Waals surface area contributed by atoms with E-state index in [-0.39, 0.29) is 6.61 Å². The lowest BCUT2D eigenvalue weighted by Crippen LogP contribution is -2.44. The van der Waals surface area contributed by atoms with Crippen LogP contribution in [0.15, 0.2) is 6.07 Å². The zero-order chi connectivity index (χ0) is 11.6. The van der Waals surface area contributed by atoms with Crippen molar-refractivity contribution in [2.24, 2.45) is 0 Å². The number of carbonyl (C=O) groups is 1. The van der Waals surface area contributed by atoms with Crippen molar-refractivity contribution in [1.82, 2.24) is 9.78 Å². The van der Waals surface area contributed by atoms with Crippen LogP contribution in [0.3, 0.4) is 0 Å². The van der Waals surface area contributed by atoms with Crippen LogP contribution in [0.5, 0.6) is 0 Å². The molecule has 1 atom stereocenters. The summed E-state index contributed by atoms with van der Waals surface area (Å²) in [5.41, 5.74) is 0.470. The van der Waals surface area contributed by atoms with Gasteiger partial charge in [-0.3, -0.25) is 4.68 Å². The van der Waals surface area contributed by atoms with E-state index >= 15 is 0 Å². The highest BCUT2D eigenvalue weighted by Crippen LogP contribution is 2.19. The minimum Gasteiger partial charge on any atom is -0.479 e. The number of carboxylic acids is 1. The summed E-state index contributed by atoms with van der Waals surface area (Å²) < 4.78 is 6.44. The Hall–Kier alpha value is -1.36. The molecule has 1 heterocycles. The maximum absolute atomic E-state index is 11.2. The molecule has 1 unspecified atom stereocenters. The zero-order valence-corrected chi connectivity index (χ0v) is 9.44. The number of aryl methyl sites for hydroxylation is 2. The lowest BCUT2D eigenvalue weighted by Gasteiger charge is -2.25. The average Bonchev–Trinajstić information content (AvgIpc) is 2.45. The van der Waals surface area contributed by atoms with Gasteiger partial charge in [-0.2, -0.15) is 5.10 Å². The van der Waals surface area contributed by atoms with E-state index in [0.717, 1.165) is 11.4 Å². The quantitative estimate of drug-likeness (QED) is 0.807. The Bertz CT molecular complexity index is 373. The minimum atomic E-state index is -1.15. The number of aliphatic carboxylic acids is 1. The fourth-order valence-corrected chi connectivity index (χ4v) is 1.62. The maximum atomic E-state index is 11.2. The summed E-state index contributed by atoms with van der Waals surface area (Å²) in [5, 5.41) is 13.4. The Labute approximate surface area is 88.7 Å². The Morgan fingerprint density at radius 3 is 2.60 bits per heavy atom. The Balaban J connectivity index is 3.20. The molecule has 0 spiro atoms. The van der Waals surface area contributed by atoms with E-state index in [0.29, 0.717) is 0 Å². The van der Waals surface area contributed by atoms with Gasteiger partial charge in [-0.05, 0) is 26.8 Å². The second kappa shape index (κ2) is 4.02. The fraction of sp³-hybridized carbons (Fsp3) is 0.600. The highest BCUT2D eigenvalue weighted by atomic mass is 16.5. The number of rotatable bonds is 4. The third-order valence-electron chi connectivity index (χ3n) is 2.36. The first kappa shape index (κ1) is 11.7. The Morgan fingerprint density at radius 1 is 1.67 bits per heavy atom. The SMILES string of the molecule is COCC(C)(C(=O)O)n1nc(C)cc1C. The number of ether oxygens (including phenoxy) is 1. The van der Waals surface area contributed by atoms with E-state index in [1.165, 1.54) is 11.8 Å². The van der Waals surface area contributed by atoms with Crippen molar-refractivity contribution in [2.75, 3.05) is 13.7 Å². The summed E-state index contributed by atoms with van der Waals surface area (Å²) in [4.78, 5) is 11.2. The first-order valence-electron chi connectivity index (χ1n) is 4.68. The number of carboxylic acid groups (broad SMARTS) is 1. The molecule has 0 aromatic carbocycles. The van der Waals surface area contributed by atoms with Gasteiger partial charge in [0, 0.05) is 12.8 Å². The summed E-state index contributed by atoms with van der Waals surface area (Å²) in [5.74, 6) is -0.949. The van der Waals surface area contributed by atoms with Crippen molar-refractivity contribution < 1.29 is 14.6 Å². The van der Waals surface area contributed by atoms with Gasteiger partial charge in [-0.15, -0.1) is 0 Å². The van der Waals surface area contributed by atoms with Crippen LogP contribution in [0, 0.1) is 13.8 Å². The number of methoxy groups -OCH3 is 1. The van der Waals surface area contributed by atoms with Gasteiger partial charge in [0.05, 0.1) is 12.3 Å². The van der Waals surface area contributed by atoms with E-state index < -0.39 is 11.5 Å². The molecule has 0 bridgehead atoms. The molecule has 0 fully saturated rings. The molecule has 15 heavy (non-hydrogen) atoms. The number of aromatic nitrogens is 2. The van der Waals surface area contributed by atoms with Crippen molar-refractivity contribution in [1.29, 1.82) is 0 Å². The summed E-state index contributed by atoms with van der Waals surface area (Å²) in [7, 11) is 1.48. The standard InChI is InChI=1S/C10H16N2O3/c1-7-5-8(2)12(11-7)10(3,6-15-4)9(13)14/h5H,6H2,1-4H3,(H,13,14). The first-order chi connectivity index (χ1) is 6.91. The van der Waals surface area contributed by atoms with Crippen molar-refractivity contribution in [2.45, 2.75) is 26.3 Å². The predicted molar refractivity (Wildman–Crippen MR) is 54.9 cm³/mol. The molecule has 1 aromatic rings. The van der Waals surface area contributed by atoms with Crippen molar-refractivity contribution in [3.05, 3.63) is 17.5 Å². The summed E-state index contributed by atoms with van der Waals surface area (Å²) in [6.07, 6.45) is 0. The molecule has 0 aliphatic rings. The molecule has 1 aromatic heterocycles. The summed E-state index contributed by atoms with van der Waals surface area (Å²) in [6.45, 7) is 5.35. The second-order valence-corrected chi connectivity index (χ2v) is 3.85. The summed E-state index contributed by atoms with van der Waals surface area (Å²) >= 11 is 0. The van der Waals surface area contributed by atoms with Crippen molar-refractivity contribution in [3.63, 3.8) is 0 Å². The fourth-order valence-electron chi connectivity index (χ4n) is 1.62. The monoisotopic (exact) mass is 212 g/mol. The van der Waals surface area contributed by atoms with E-state index in [4.69, 9.17) is 4.74 Å². The molecule has 0 aliphatic heterocycles. The largest absolute Gasteiger partial charge is 0.479 e. The third kappa shape index (κ3) is 2.02. The van der Waals surface area contributed by atoms with E-state index in [9.17, 15) is 9.90 Å². The zero-order valence-electron chi connectivity index (χ0n) is 9.44. The van der Waals surface area contributed by atoms with Crippen LogP contribution >= 0.6 is 0 Å². The lowest BCUT2D eigenvalue weighted by atomic mass is 10.0. The van der Waals surface area contributed by atoms with Crippen LogP contribution in [0.4, 0.5) is 0 Å². The molecule has 1 N–H and O–H groups in total. The molecule has 0 radical (unpaired) electrons. The van der Waals surface area contributed by atoms with Crippen LogP contribution in [0.2, 0.25) is 0 Å². The van der Waals surface area contributed by atoms with Gasteiger partial charge in [0.2, 0.25) is 0 Å². The number of nitrogens with zero attached hydrogens (tertiary/aromatic N) is 2. The molecule has 5 heteroatoms. The van der Waals surface area contributed by atoms with Crippen molar-refractivity contribution >= 4 is 5.97 Å². The molecule has 84 valence electrons. The Kier molecular flexibility index (Phi) is 3.14. The van der Waals surface area contributed by atoms with Crippen LogP contribution in [0.1, 0.15) is 18.3 Å². The van der Waals surface area contributed by atoms with Gasteiger partial charge >= 0.3 is 5.97 Å². The highest BCUT2D eigenvalue weighted by molar-refractivity contribution is 5.76. The first-order valence-corrected chi connectivity index (χ1v) is 4.68. The van der Waals surface area contributed by atoms with E-state index in [1.807, 2.05) is 19.9 Å². The molecule has 0 aliphatic carbocycles. The highest BCUT2D eigenvalue weighted by Gasteiger charge is 2.37. The maximum Gasteiger partial charge on any atom is 0.333 e. The minimum absolute atomic E-state index is 0.0876. The van der Waals surface area contributed by atoms with Gasteiger partial charge in [0.1, 0.15) is 0 Å². The van der Waals surface area contributed by atoms with Gasteiger partial charge in [0.15, 0.2) is 5.54 Å². The van der Waals surface area contributed by atoms with Gasteiger partial charge in [-0.1, -0.05) is 0 Å². The third-order valence-corrected chi connectivity index (χ3v) is 2.36. The molecule has 5 nitrogen and oxygen atoms in total. The van der Waals surface area contributed by atoms with Gasteiger partial charge < -0.3 is 9.84 Å². The molecule has 0 amide bonds. The molecule has 0 saturated heterocycles. The number of hydrogen-bond acceptors (Lipinski definition) is 3. The normalized spacial score (nSPS) is 14.9.